The van der Waals surface area contributed by atoms with Crippen molar-refractivity contribution in [2.45, 2.75) is 24.9 Å². The standard InChI is InChI=1S/C10H14N5O6PS/c11-7-6-8(13-3-12-7)15(10(17)14-6)9-5(16)1-4(21-9)2-20-22(18,19)23/h3-5,9,16H,1-2H2,(H,14,17)(H2,11,12,13)(H2,18,19,23)/t4-,5?,9+/m0/s1. The van der Waals surface area contributed by atoms with Crippen LogP contribution >= 0.6 is 19.0 Å². The van der Waals surface area contributed by atoms with E-state index in [1.807, 2.05) is 0 Å². The van der Waals surface area contributed by atoms with Crippen molar-refractivity contribution in [3.63, 3.8) is 0 Å². The van der Waals surface area contributed by atoms with Crippen molar-refractivity contribution >= 4 is 36.0 Å². The van der Waals surface area contributed by atoms with Crippen LogP contribution in [0.2, 0.25) is 0 Å². The summed E-state index contributed by atoms with van der Waals surface area (Å²) in [4.78, 5) is 31.4. The van der Waals surface area contributed by atoms with Crippen molar-refractivity contribution in [2.24, 2.45) is 0 Å². The molecule has 3 rings (SSSR count). The number of nitrogens with zero attached hydrogens (tertiary/aromatic N) is 3. The highest BCUT2D eigenvalue weighted by Gasteiger charge is 2.38. The summed E-state index contributed by atoms with van der Waals surface area (Å²) in [5, 5.41) is 10.1. The first-order valence-electron chi connectivity index (χ1n) is 6.50. The average Bonchev–Trinajstić information content (AvgIpc) is 2.96. The number of ether oxygens (including phenoxy) is 1. The molecular weight excluding hydrogens is 349 g/mol. The second kappa shape index (κ2) is 5.89. The molecule has 2 unspecified atom stereocenters. The van der Waals surface area contributed by atoms with Gasteiger partial charge in [0.05, 0.1) is 12.7 Å². The SMILES string of the molecule is Nc1ncnc2c1[nH]c(=O)n2[C@@H]1O[C@H](COP(=O)(O)S)CC1O. The number of anilines is 1. The van der Waals surface area contributed by atoms with Gasteiger partial charge in [0.2, 0.25) is 0 Å². The molecule has 0 aliphatic carbocycles. The quantitative estimate of drug-likeness (QED) is 0.352. The van der Waals surface area contributed by atoms with Crippen molar-refractivity contribution in [3.8, 4) is 0 Å². The molecule has 23 heavy (non-hydrogen) atoms. The molecule has 2 aromatic rings. The predicted octanol–water partition coefficient (Wildman–Crippen LogP) is -0.603. The Hall–Kier alpha value is -1.43. The number of aromatic nitrogens is 4. The van der Waals surface area contributed by atoms with E-state index in [2.05, 4.69) is 31.7 Å². The highest BCUT2D eigenvalue weighted by molar-refractivity contribution is 8.44. The lowest BCUT2D eigenvalue weighted by Gasteiger charge is -2.16. The second-order valence-corrected chi connectivity index (χ2v) is 7.75. The molecule has 0 radical (unpaired) electrons. The van der Waals surface area contributed by atoms with E-state index in [-0.39, 0.29) is 30.0 Å². The molecule has 1 aliphatic rings. The van der Waals surface area contributed by atoms with Gasteiger partial charge in [-0.2, -0.15) is 0 Å². The lowest BCUT2D eigenvalue weighted by molar-refractivity contribution is -0.0477. The number of rotatable bonds is 4. The number of aromatic amines is 1. The third-order valence-corrected chi connectivity index (χ3v) is 4.22. The van der Waals surface area contributed by atoms with E-state index in [4.69, 9.17) is 15.4 Å². The number of hydrogen-bond acceptors (Lipinski definition) is 8. The number of nitrogens with two attached hydrogens (primary N) is 1. The summed E-state index contributed by atoms with van der Waals surface area (Å²) in [5.74, 6) is 0.0921. The minimum Gasteiger partial charge on any atom is -0.388 e. The van der Waals surface area contributed by atoms with E-state index in [0.29, 0.717) is 0 Å². The molecule has 0 saturated carbocycles. The molecule has 0 spiro atoms. The van der Waals surface area contributed by atoms with Crippen LogP contribution in [0.3, 0.4) is 0 Å². The zero-order chi connectivity index (χ0) is 16.8. The van der Waals surface area contributed by atoms with Gasteiger partial charge >= 0.3 is 12.5 Å². The molecule has 4 atom stereocenters. The van der Waals surface area contributed by atoms with Crippen LogP contribution in [0, 0.1) is 0 Å². The fourth-order valence-electron chi connectivity index (χ4n) is 2.44. The molecule has 11 nitrogen and oxygen atoms in total. The third-order valence-electron chi connectivity index (χ3n) is 3.38. The van der Waals surface area contributed by atoms with Gasteiger partial charge in [0, 0.05) is 6.42 Å². The Morgan fingerprint density at radius 3 is 3.04 bits per heavy atom. The molecular formula is C10H14N5O6PS. The van der Waals surface area contributed by atoms with Gasteiger partial charge in [-0.05, 0) is 0 Å². The van der Waals surface area contributed by atoms with Crippen LogP contribution in [0.25, 0.3) is 11.2 Å². The van der Waals surface area contributed by atoms with Crippen LogP contribution < -0.4 is 11.4 Å². The number of thiol groups is 1. The van der Waals surface area contributed by atoms with Crippen molar-refractivity contribution in [2.75, 3.05) is 12.3 Å². The number of aliphatic hydroxyl groups is 1. The zero-order valence-corrected chi connectivity index (χ0v) is 13.4. The molecule has 1 aliphatic heterocycles. The molecule has 0 bridgehead atoms. The molecule has 1 fully saturated rings. The minimum absolute atomic E-state index is 0.0921. The Morgan fingerprint density at radius 1 is 1.61 bits per heavy atom. The summed E-state index contributed by atoms with van der Waals surface area (Å²) in [6.45, 7) is -4.20. The van der Waals surface area contributed by atoms with Gasteiger partial charge in [0.25, 0.3) is 0 Å². The molecule has 13 heteroatoms. The summed E-state index contributed by atoms with van der Waals surface area (Å²) in [6.07, 6.45) is -1.45. The van der Waals surface area contributed by atoms with Crippen molar-refractivity contribution in [1.29, 1.82) is 0 Å². The maximum atomic E-state index is 12.1. The van der Waals surface area contributed by atoms with Crippen molar-refractivity contribution < 1.29 is 23.8 Å². The normalized spacial score (nSPS) is 27.3. The van der Waals surface area contributed by atoms with E-state index in [0.717, 1.165) is 4.57 Å². The first kappa shape index (κ1) is 16.4. The van der Waals surface area contributed by atoms with Crippen LogP contribution in [-0.2, 0) is 13.8 Å². The van der Waals surface area contributed by atoms with E-state index in [9.17, 15) is 14.5 Å². The number of fused-ring (bicyclic) bond motifs is 1. The molecule has 0 aromatic carbocycles. The van der Waals surface area contributed by atoms with E-state index in [1.54, 1.807) is 0 Å². The lowest BCUT2D eigenvalue weighted by atomic mass is 10.2. The first-order valence-corrected chi connectivity index (χ1v) is 9.23. The third kappa shape index (κ3) is 3.27. The van der Waals surface area contributed by atoms with Crippen LogP contribution in [0.4, 0.5) is 5.82 Å². The molecule has 5 N–H and O–H groups in total. The van der Waals surface area contributed by atoms with Gasteiger partial charge in [0.15, 0.2) is 17.7 Å². The summed E-state index contributed by atoms with van der Waals surface area (Å²) >= 11 is 3.39. The average molecular weight is 363 g/mol. The number of hydrogen-bond donors (Lipinski definition) is 5. The van der Waals surface area contributed by atoms with E-state index in [1.165, 1.54) is 6.33 Å². The Morgan fingerprint density at radius 2 is 2.35 bits per heavy atom. The number of imidazole rings is 1. The fourth-order valence-corrected chi connectivity index (χ4v) is 3.00. The maximum absolute atomic E-state index is 12.1. The smallest absolute Gasteiger partial charge is 0.383 e. The Kier molecular flexibility index (Phi) is 4.21. The fraction of sp³-hybridized carbons (Fsp3) is 0.500. The largest absolute Gasteiger partial charge is 0.388 e. The van der Waals surface area contributed by atoms with Gasteiger partial charge in [-0.1, -0.05) is 12.2 Å². The monoisotopic (exact) mass is 363 g/mol. The number of H-pyrrole nitrogens is 1. The summed E-state index contributed by atoms with van der Waals surface area (Å²) in [7, 11) is 0. The molecule has 0 amide bonds. The molecule has 3 heterocycles. The van der Waals surface area contributed by atoms with Crippen LogP contribution in [0.1, 0.15) is 12.6 Å². The minimum atomic E-state index is -3.95. The number of nitrogens with one attached hydrogen (secondary N) is 1. The maximum Gasteiger partial charge on any atom is 0.383 e. The van der Waals surface area contributed by atoms with Crippen molar-refractivity contribution in [1.82, 2.24) is 19.5 Å². The van der Waals surface area contributed by atoms with Crippen LogP contribution in [0.5, 0.6) is 0 Å². The highest BCUT2D eigenvalue weighted by atomic mass is 32.7. The van der Waals surface area contributed by atoms with Crippen LogP contribution in [0.15, 0.2) is 11.1 Å². The Balaban J connectivity index is 1.88. The highest BCUT2D eigenvalue weighted by Crippen LogP contribution is 2.47. The molecule has 2 aromatic heterocycles. The zero-order valence-electron chi connectivity index (χ0n) is 11.6. The van der Waals surface area contributed by atoms with E-state index >= 15 is 0 Å². The predicted molar refractivity (Wildman–Crippen MR) is 81.9 cm³/mol. The summed E-state index contributed by atoms with van der Waals surface area (Å²) in [6, 6.07) is 0. The van der Waals surface area contributed by atoms with Gasteiger partial charge < -0.3 is 25.5 Å². The summed E-state index contributed by atoms with van der Waals surface area (Å²) in [5.41, 5.74) is 5.53. The molecule has 126 valence electrons. The lowest BCUT2D eigenvalue weighted by Crippen LogP contribution is -2.28. The van der Waals surface area contributed by atoms with Gasteiger partial charge in [-0.3, -0.25) is 4.52 Å². The Labute approximate surface area is 134 Å². The first-order chi connectivity index (χ1) is 10.8. The molecule has 1 saturated heterocycles. The van der Waals surface area contributed by atoms with Crippen molar-refractivity contribution in [3.05, 3.63) is 16.8 Å². The second-order valence-electron chi connectivity index (χ2n) is 5.00. The van der Waals surface area contributed by atoms with Gasteiger partial charge in [-0.25, -0.2) is 23.9 Å². The number of nitrogen functional groups attached to an aromatic ring is 1. The van der Waals surface area contributed by atoms with Crippen LogP contribution in [-0.4, -0.2) is 48.3 Å². The van der Waals surface area contributed by atoms with E-state index < -0.39 is 30.9 Å². The summed E-state index contributed by atoms with van der Waals surface area (Å²) < 4.78 is 22.3. The van der Waals surface area contributed by atoms with Gasteiger partial charge in [-0.15, -0.1) is 0 Å². The number of aliphatic hydroxyl groups excluding tert-OH is 1. The van der Waals surface area contributed by atoms with Gasteiger partial charge in [0.1, 0.15) is 17.9 Å². The Bertz CT molecular complexity index is 833. The topological polar surface area (TPSA) is 166 Å².